The van der Waals surface area contributed by atoms with Gasteiger partial charge >= 0.3 is 6.09 Å². The summed E-state index contributed by atoms with van der Waals surface area (Å²) < 4.78 is 10.6. The van der Waals surface area contributed by atoms with Crippen LogP contribution in [0, 0.1) is 5.92 Å². The lowest BCUT2D eigenvalue weighted by atomic mass is 9.97. The fraction of sp³-hybridized carbons (Fsp3) is 0.929. The van der Waals surface area contributed by atoms with Gasteiger partial charge in [-0.3, -0.25) is 0 Å². The van der Waals surface area contributed by atoms with Gasteiger partial charge in [-0.1, -0.05) is 25.7 Å². The smallest absolute Gasteiger partial charge is 0.407 e. The van der Waals surface area contributed by atoms with Crippen LogP contribution in [0.3, 0.4) is 0 Å². The number of amides is 1. The van der Waals surface area contributed by atoms with E-state index in [2.05, 4.69) is 5.32 Å². The first-order valence-electron chi connectivity index (χ1n) is 7.05. The number of hydrogen-bond acceptors (Lipinski definition) is 3. The molecule has 0 aromatic carbocycles. The molecule has 0 aromatic heterocycles. The number of carbonyl (C=O) groups excluding carboxylic acids is 1. The Balaban J connectivity index is 1.80. The van der Waals surface area contributed by atoms with Crippen LogP contribution in [0.2, 0.25) is 0 Å². The Morgan fingerprint density at radius 2 is 2.00 bits per heavy atom. The molecule has 0 radical (unpaired) electrons. The minimum Gasteiger partial charge on any atom is -0.444 e. The fourth-order valence-electron chi connectivity index (χ4n) is 2.66. The van der Waals surface area contributed by atoms with Gasteiger partial charge in [0, 0.05) is 0 Å². The van der Waals surface area contributed by atoms with Crippen molar-refractivity contribution in [2.75, 3.05) is 6.61 Å². The number of alkyl carbamates (subject to hydrolysis) is 1. The normalized spacial score (nSPS) is 25.8. The molecule has 1 amide bonds. The van der Waals surface area contributed by atoms with Crippen molar-refractivity contribution in [3.8, 4) is 0 Å². The zero-order valence-electron chi connectivity index (χ0n) is 11.7. The van der Waals surface area contributed by atoms with Crippen LogP contribution in [0.25, 0.3) is 0 Å². The third-order valence-corrected chi connectivity index (χ3v) is 3.57. The first-order valence-corrected chi connectivity index (χ1v) is 7.05. The van der Waals surface area contributed by atoms with Gasteiger partial charge in [-0.25, -0.2) is 4.79 Å². The summed E-state index contributed by atoms with van der Waals surface area (Å²) in [6.07, 6.45) is 6.16. The first-order chi connectivity index (χ1) is 8.44. The van der Waals surface area contributed by atoms with Gasteiger partial charge in [0.15, 0.2) is 0 Å². The number of nitrogens with one attached hydrogen (secondary N) is 1. The molecule has 2 aliphatic rings. The van der Waals surface area contributed by atoms with E-state index in [0.717, 1.165) is 18.9 Å². The average molecular weight is 255 g/mol. The van der Waals surface area contributed by atoms with Gasteiger partial charge in [-0.2, -0.15) is 0 Å². The van der Waals surface area contributed by atoms with E-state index in [4.69, 9.17) is 9.47 Å². The van der Waals surface area contributed by atoms with Crippen molar-refractivity contribution in [3.05, 3.63) is 0 Å². The molecule has 1 aliphatic heterocycles. The predicted octanol–water partition coefficient (Wildman–Crippen LogP) is 2.86. The van der Waals surface area contributed by atoms with Crippen LogP contribution in [0.1, 0.15) is 52.9 Å². The van der Waals surface area contributed by atoms with Gasteiger partial charge < -0.3 is 14.8 Å². The maximum absolute atomic E-state index is 11.8. The van der Waals surface area contributed by atoms with E-state index < -0.39 is 5.60 Å². The van der Waals surface area contributed by atoms with Crippen molar-refractivity contribution in [3.63, 3.8) is 0 Å². The summed E-state index contributed by atoms with van der Waals surface area (Å²) in [6, 6.07) is 0.128. The van der Waals surface area contributed by atoms with E-state index in [-0.39, 0.29) is 18.2 Å². The van der Waals surface area contributed by atoms with Crippen LogP contribution in [0.5, 0.6) is 0 Å². The maximum Gasteiger partial charge on any atom is 0.407 e. The molecule has 1 saturated heterocycles. The molecule has 4 heteroatoms. The highest BCUT2D eigenvalue weighted by molar-refractivity contribution is 5.68. The molecule has 2 fully saturated rings. The van der Waals surface area contributed by atoms with E-state index in [1.807, 2.05) is 20.8 Å². The van der Waals surface area contributed by atoms with E-state index in [0.29, 0.717) is 0 Å². The molecule has 1 unspecified atom stereocenters. The van der Waals surface area contributed by atoms with E-state index >= 15 is 0 Å². The second-order valence-electron chi connectivity index (χ2n) is 6.51. The van der Waals surface area contributed by atoms with Gasteiger partial charge in [0.25, 0.3) is 0 Å². The highest BCUT2D eigenvalue weighted by Crippen LogP contribution is 2.31. The molecule has 0 spiro atoms. The zero-order valence-corrected chi connectivity index (χ0v) is 11.7. The molecule has 0 bridgehead atoms. The number of rotatable bonds is 4. The van der Waals surface area contributed by atoms with Crippen LogP contribution >= 0.6 is 0 Å². The fourth-order valence-corrected chi connectivity index (χ4v) is 2.66. The molecule has 1 aliphatic carbocycles. The number of carbonyl (C=O) groups is 1. The summed E-state index contributed by atoms with van der Waals surface area (Å²) in [5.41, 5.74) is -0.438. The topological polar surface area (TPSA) is 50.9 Å². The summed E-state index contributed by atoms with van der Waals surface area (Å²) in [5.74, 6) is 0.745. The Hall–Kier alpha value is -0.770. The first kappa shape index (κ1) is 13.7. The molecule has 2 atom stereocenters. The molecular formula is C14H25NO3. The van der Waals surface area contributed by atoms with Crippen LogP contribution in [-0.2, 0) is 9.47 Å². The number of epoxide rings is 1. The van der Waals surface area contributed by atoms with Gasteiger partial charge in [0.2, 0.25) is 0 Å². The SMILES string of the molecule is CC(C)(C)OC(=O)NC(CC1CCCC1)[C@H]1CO1. The minimum atomic E-state index is -0.438. The molecular weight excluding hydrogens is 230 g/mol. The van der Waals surface area contributed by atoms with Crippen molar-refractivity contribution < 1.29 is 14.3 Å². The molecule has 0 aromatic rings. The molecule has 104 valence electrons. The van der Waals surface area contributed by atoms with E-state index in [9.17, 15) is 4.79 Å². The Morgan fingerprint density at radius 3 is 2.50 bits per heavy atom. The van der Waals surface area contributed by atoms with Crippen molar-refractivity contribution in [2.24, 2.45) is 5.92 Å². The van der Waals surface area contributed by atoms with Gasteiger partial charge in [-0.05, 0) is 33.1 Å². The Labute approximate surface area is 109 Å². The van der Waals surface area contributed by atoms with Crippen molar-refractivity contribution in [1.29, 1.82) is 0 Å². The minimum absolute atomic E-state index is 0.128. The monoisotopic (exact) mass is 255 g/mol. The summed E-state index contributed by atoms with van der Waals surface area (Å²) >= 11 is 0. The second kappa shape index (κ2) is 5.47. The van der Waals surface area contributed by atoms with Gasteiger partial charge in [-0.15, -0.1) is 0 Å². The molecule has 1 N–H and O–H groups in total. The van der Waals surface area contributed by atoms with Crippen molar-refractivity contribution >= 4 is 6.09 Å². The summed E-state index contributed by atoms with van der Waals surface area (Å²) in [5, 5.41) is 2.98. The lowest BCUT2D eigenvalue weighted by Gasteiger charge is -2.24. The summed E-state index contributed by atoms with van der Waals surface area (Å²) in [4.78, 5) is 11.8. The highest BCUT2D eigenvalue weighted by atomic mass is 16.6. The predicted molar refractivity (Wildman–Crippen MR) is 69.5 cm³/mol. The molecule has 1 saturated carbocycles. The standard InChI is InChI=1S/C14H25NO3/c1-14(2,3)18-13(16)15-11(12-9-17-12)8-10-6-4-5-7-10/h10-12H,4-9H2,1-3H3,(H,15,16)/t11?,12-/m1/s1. The van der Waals surface area contributed by atoms with Crippen LogP contribution in [0.4, 0.5) is 4.79 Å². The Morgan fingerprint density at radius 1 is 1.39 bits per heavy atom. The van der Waals surface area contributed by atoms with Crippen LogP contribution in [0.15, 0.2) is 0 Å². The zero-order chi connectivity index (χ0) is 13.2. The molecule has 4 nitrogen and oxygen atoms in total. The lowest BCUT2D eigenvalue weighted by molar-refractivity contribution is 0.0487. The van der Waals surface area contributed by atoms with E-state index in [1.54, 1.807) is 0 Å². The highest BCUT2D eigenvalue weighted by Gasteiger charge is 2.36. The Bertz CT molecular complexity index is 288. The number of ether oxygens (including phenoxy) is 2. The number of hydrogen-bond donors (Lipinski definition) is 1. The van der Waals surface area contributed by atoms with Crippen LogP contribution < -0.4 is 5.32 Å². The maximum atomic E-state index is 11.8. The average Bonchev–Trinajstić information content (AvgIpc) is 2.95. The summed E-state index contributed by atoms with van der Waals surface area (Å²) in [6.45, 7) is 6.41. The quantitative estimate of drug-likeness (QED) is 0.786. The van der Waals surface area contributed by atoms with Gasteiger partial charge in [0.1, 0.15) is 11.7 Å². The third-order valence-electron chi connectivity index (χ3n) is 3.57. The Kier molecular flexibility index (Phi) is 4.15. The summed E-state index contributed by atoms with van der Waals surface area (Å²) in [7, 11) is 0. The molecule has 18 heavy (non-hydrogen) atoms. The largest absolute Gasteiger partial charge is 0.444 e. The molecule has 2 rings (SSSR count). The molecule has 1 heterocycles. The van der Waals surface area contributed by atoms with Gasteiger partial charge in [0.05, 0.1) is 12.6 Å². The second-order valence-corrected chi connectivity index (χ2v) is 6.51. The lowest BCUT2D eigenvalue weighted by Crippen LogP contribution is -2.42. The van der Waals surface area contributed by atoms with E-state index in [1.165, 1.54) is 25.7 Å². The third kappa shape index (κ3) is 4.48. The van der Waals surface area contributed by atoms with Crippen molar-refractivity contribution in [1.82, 2.24) is 5.32 Å². The van der Waals surface area contributed by atoms with Crippen LogP contribution in [-0.4, -0.2) is 30.4 Å². The van der Waals surface area contributed by atoms with Crippen molar-refractivity contribution in [2.45, 2.75) is 70.6 Å².